The minimum absolute atomic E-state index is 0.0769. The van der Waals surface area contributed by atoms with Crippen molar-refractivity contribution in [1.82, 2.24) is 5.32 Å². The van der Waals surface area contributed by atoms with Gasteiger partial charge in [-0.2, -0.15) is 0 Å². The highest BCUT2D eigenvalue weighted by Crippen LogP contribution is 2.76. The number of aliphatic hydroxyl groups is 8. The van der Waals surface area contributed by atoms with Gasteiger partial charge in [0.1, 0.15) is 72.5 Å². The Bertz CT molecular complexity index is 1900. The third kappa shape index (κ3) is 7.31. The van der Waals surface area contributed by atoms with Gasteiger partial charge in [0, 0.05) is 18.8 Å². The molecule has 18 nitrogen and oxygen atoms in total. The lowest BCUT2D eigenvalue weighted by Gasteiger charge is -2.71. The molecule has 0 aromatic heterocycles. The molecule has 66 heavy (non-hydrogen) atoms. The zero-order valence-corrected chi connectivity index (χ0v) is 39.6. The first-order valence-electron chi connectivity index (χ1n) is 24.3. The maximum absolute atomic E-state index is 13.7. The summed E-state index contributed by atoms with van der Waals surface area (Å²) in [6.07, 6.45) is -10.7. The summed E-state index contributed by atoms with van der Waals surface area (Å²) in [5.41, 5.74) is -0.823. The number of carbonyl (C=O) groups is 2. The molecule has 2 bridgehead atoms. The first kappa shape index (κ1) is 49.1. The second-order valence-electron chi connectivity index (χ2n) is 23.6. The van der Waals surface area contributed by atoms with Crippen molar-refractivity contribution in [2.45, 2.75) is 205 Å². The zero-order valence-electron chi connectivity index (χ0n) is 39.6. The van der Waals surface area contributed by atoms with Crippen molar-refractivity contribution in [2.75, 3.05) is 19.8 Å². The fourth-order valence-corrected chi connectivity index (χ4v) is 15.4. The Hall–Kier alpha value is -1.88. The number of allylic oxidation sites excluding steroid dienone is 2. The Morgan fingerprint density at radius 3 is 2.15 bits per heavy atom. The molecule has 23 atom stereocenters. The maximum atomic E-state index is 13.7. The number of hydrogen-bond donors (Lipinski definition) is 9. The van der Waals surface area contributed by atoms with E-state index in [9.17, 15) is 50.4 Å². The third-order valence-electron chi connectivity index (χ3n) is 19.4. The van der Waals surface area contributed by atoms with Crippen LogP contribution in [0.25, 0.3) is 0 Å². The highest BCUT2D eigenvalue weighted by atomic mass is 16.8. The van der Waals surface area contributed by atoms with Gasteiger partial charge in [-0.25, -0.2) is 0 Å². The Morgan fingerprint density at radius 1 is 0.773 bits per heavy atom. The van der Waals surface area contributed by atoms with Gasteiger partial charge >= 0.3 is 5.97 Å². The van der Waals surface area contributed by atoms with E-state index >= 15 is 0 Å². The smallest absolute Gasteiger partial charge is 0.315 e. The maximum Gasteiger partial charge on any atom is 0.315 e. The van der Waals surface area contributed by atoms with Gasteiger partial charge in [0.05, 0.1) is 32.0 Å². The average molecular weight is 938 g/mol. The quantitative estimate of drug-likeness (QED) is 0.0914. The number of carbonyl (C=O) groups excluding carboxylic acids is 2. The Morgan fingerprint density at radius 2 is 1.45 bits per heavy atom. The number of esters is 1. The van der Waals surface area contributed by atoms with Gasteiger partial charge in [-0.15, -0.1) is 0 Å². The van der Waals surface area contributed by atoms with Crippen molar-refractivity contribution in [3.8, 4) is 0 Å². The number of nitrogens with one attached hydrogen (secondary N) is 1. The largest absolute Gasteiger partial charge is 0.461 e. The average Bonchev–Trinajstić information content (AvgIpc) is 3.57. The highest BCUT2D eigenvalue weighted by molar-refractivity contribution is 5.82. The van der Waals surface area contributed by atoms with Gasteiger partial charge in [-0.3, -0.25) is 9.59 Å². The molecule has 0 aromatic rings. The molecule has 4 saturated carbocycles. The topological polar surface area (TPSA) is 273 Å². The third-order valence-corrected chi connectivity index (χ3v) is 19.4. The van der Waals surface area contributed by atoms with E-state index in [2.05, 4.69) is 59.9 Å². The number of amides is 1. The summed E-state index contributed by atoms with van der Waals surface area (Å²) in [4.78, 5) is 26.3. The van der Waals surface area contributed by atoms with Crippen LogP contribution in [-0.4, -0.2) is 171 Å². The van der Waals surface area contributed by atoms with Crippen LogP contribution < -0.4 is 5.32 Å². The van der Waals surface area contributed by atoms with Crippen LogP contribution in [0.3, 0.4) is 0 Å². The number of hydrogen-bond acceptors (Lipinski definition) is 17. The van der Waals surface area contributed by atoms with Crippen LogP contribution in [0.1, 0.15) is 107 Å². The molecule has 5 aliphatic carbocycles. The van der Waals surface area contributed by atoms with E-state index in [-0.39, 0.29) is 64.7 Å². The summed E-state index contributed by atoms with van der Waals surface area (Å²) >= 11 is 0. The van der Waals surface area contributed by atoms with Crippen molar-refractivity contribution in [3.05, 3.63) is 11.6 Å². The lowest BCUT2D eigenvalue weighted by Crippen LogP contribution is -2.68. The van der Waals surface area contributed by atoms with Crippen LogP contribution in [0.4, 0.5) is 0 Å². The molecule has 4 heterocycles. The van der Waals surface area contributed by atoms with Crippen LogP contribution >= 0.6 is 0 Å². The molecular weight excluding hydrogens is 863 g/mol. The van der Waals surface area contributed by atoms with Gasteiger partial charge in [0.2, 0.25) is 5.91 Å². The summed E-state index contributed by atoms with van der Waals surface area (Å²) in [6, 6.07) is -1.15. The molecule has 18 heteroatoms. The first-order chi connectivity index (χ1) is 30.8. The Balaban J connectivity index is 0.925. The zero-order chi connectivity index (χ0) is 47.8. The van der Waals surface area contributed by atoms with E-state index in [1.54, 1.807) is 0 Å². The first-order valence-corrected chi connectivity index (χ1v) is 24.3. The SMILES string of the molecule is CC(=O)N[C@H]1[C@H](O[C@H]2CC[C@]3(C)[C@H]4CC=C5[C@H]6CC(C)(C)[C@@H]7C[C@]6(C(=O)O7)[C@H](O)C[C@@]5(C)[C@]4(C)CC[C@H]3C2(C)C)O[C@H](CO[C@@H]2OC[C@H](O)[C@H](O)[C@H]2O[C@@H]2OC[C@H](O)[C@H](O)[C@H]2O)[C@@H](O)[C@@H]1O. The van der Waals surface area contributed by atoms with Crippen LogP contribution in [0.15, 0.2) is 11.6 Å². The van der Waals surface area contributed by atoms with Crippen molar-refractivity contribution in [1.29, 1.82) is 0 Å². The molecule has 0 aromatic carbocycles. The molecule has 4 aliphatic heterocycles. The fraction of sp³-hybridized carbons (Fsp3) is 0.917. The van der Waals surface area contributed by atoms with E-state index < -0.39 is 115 Å². The van der Waals surface area contributed by atoms with Gasteiger partial charge in [-0.05, 0) is 84.4 Å². The summed E-state index contributed by atoms with van der Waals surface area (Å²) < 4.78 is 42.1. The second-order valence-corrected chi connectivity index (χ2v) is 23.6. The van der Waals surface area contributed by atoms with Gasteiger partial charge in [-0.1, -0.05) is 60.1 Å². The predicted molar refractivity (Wildman–Crippen MR) is 229 cm³/mol. The second kappa shape index (κ2) is 16.9. The van der Waals surface area contributed by atoms with Crippen molar-refractivity contribution in [3.63, 3.8) is 0 Å². The molecule has 9 aliphatic rings. The molecule has 8 fully saturated rings. The summed E-state index contributed by atoms with van der Waals surface area (Å²) in [5.74, 6) is -0.317. The Kier molecular flexibility index (Phi) is 12.6. The Labute approximate surface area is 386 Å². The molecule has 9 rings (SSSR count). The minimum atomic E-state index is -1.71. The molecule has 0 unspecified atom stereocenters. The van der Waals surface area contributed by atoms with Gasteiger partial charge in [0.15, 0.2) is 18.9 Å². The van der Waals surface area contributed by atoms with Crippen LogP contribution in [0.5, 0.6) is 0 Å². The molecule has 1 spiro atoms. The lowest BCUT2D eigenvalue weighted by atomic mass is 9.33. The molecular formula is C48H75NO17. The molecule has 4 saturated heterocycles. The van der Waals surface area contributed by atoms with Gasteiger partial charge < -0.3 is 79.3 Å². The molecule has 374 valence electrons. The summed E-state index contributed by atoms with van der Waals surface area (Å²) in [7, 11) is 0. The molecule has 0 radical (unpaired) electrons. The standard InChI is InChI=1S/C48H75NO17/c1-21(50)49-32-36(57)35(56)26(20-62-41-38(34(55)25(52)19-61-41)66-40-37(58)33(54)24(51)18-60-40)63-39(32)64-30-12-13-45(6)27(44(30,4)5)11-14-46(7)28(45)10-9-22-23-15-43(2,3)31-17-48(23,42(59)65-31)29(53)16-47(22,46)8/h9,23-41,51-58H,10-20H2,1-8H3,(H,49,50)/t23-,24+,25+,26-,27+,28-,29-,30+,31+,32-,33+,34+,35-,36-,37-,38-,39+,40+,41+,45+,46-,47-,48-/m1/s1. The highest BCUT2D eigenvalue weighted by Gasteiger charge is 2.74. The molecule has 1 amide bonds. The van der Waals surface area contributed by atoms with Crippen LogP contribution in [-0.2, 0) is 42.7 Å². The van der Waals surface area contributed by atoms with E-state index in [1.165, 1.54) is 12.5 Å². The van der Waals surface area contributed by atoms with Crippen molar-refractivity contribution >= 4 is 11.9 Å². The summed E-state index contributed by atoms with van der Waals surface area (Å²) in [6.45, 7) is 16.1. The van der Waals surface area contributed by atoms with Crippen molar-refractivity contribution in [2.24, 2.45) is 50.2 Å². The number of ether oxygens (including phenoxy) is 7. The van der Waals surface area contributed by atoms with E-state index in [1.807, 2.05) is 0 Å². The van der Waals surface area contributed by atoms with Crippen molar-refractivity contribution < 1.29 is 83.6 Å². The predicted octanol–water partition coefficient (Wildman–Crippen LogP) is 0.550. The lowest BCUT2D eigenvalue weighted by molar-refractivity contribution is -0.352. The number of rotatable bonds is 8. The van der Waals surface area contributed by atoms with Gasteiger partial charge in [0.25, 0.3) is 0 Å². The summed E-state index contributed by atoms with van der Waals surface area (Å²) in [5, 5.41) is 89.8. The van der Waals surface area contributed by atoms with E-state index in [0.29, 0.717) is 19.3 Å². The minimum Gasteiger partial charge on any atom is -0.461 e. The fourth-order valence-electron chi connectivity index (χ4n) is 15.4. The number of aliphatic hydroxyl groups excluding tert-OH is 8. The normalized spacial score (nSPS) is 53.8. The van der Waals surface area contributed by atoms with E-state index in [4.69, 9.17) is 33.2 Å². The van der Waals surface area contributed by atoms with Crippen LogP contribution in [0, 0.1) is 50.2 Å². The molecule has 9 N–H and O–H groups in total. The number of fused-ring (bicyclic) bond motifs is 7. The monoisotopic (exact) mass is 938 g/mol. The van der Waals surface area contributed by atoms with E-state index in [0.717, 1.165) is 32.1 Å². The van der Waals surface area contributed by atoms with Crippen LogP contribution in [0.2, 0.25) is 0 Å².